The molecule has 0 heterocycles. The van der Waals surface area contributed by atoms with Crippen molar-refractivity contribution in [3.05, 3.63) is 0 Å². The summed E-state index contributed by atoms with van der Waals surface area (Å²) in [5, 5.41) is 0. The maximum absolute atomic E-state index is 14.1. The third kappa shape index (κ3) is 8.04. The Morgan fingerprint density at radius 1 is 0.264 bits per heavy atom. The molecule has 53 heavy (non-hydrogen) atoms. The monoisotopic (exact) mass is 852 g/mol. The van der Waals surface area contributed by atoms with E-state index in [1.165, 1.54) is 0 Å². The van der Waals surface area contributed by atoms with Gasteiger partial charge in [-0.25, -0.2) is 0 Å². The lowest BCUT2D eigenvalue weighted by atomic mass is 9.83. The van der Waals surface area contributed by atoms with E-state index in [2.05, 4.69) is 0 Å². The normalized spacial score (nSPS) is 16.2. The zero-order chi connectivity index (χ0) is 43.1. The Bertz CT molecular complexity index is 1180. The lowest BCUT2D eigenvalue weighted by Crippen LogP contribution is -2.78. The highest BCUT2D eigenvalue weighted by Crippen LogP contribution is 2.68. The second kappa shape index (κ2) is 15.2. The van der Waals surface area contributed by atoms with Crippen LogP contribution in [0.15, 0.2) is 0 Å². The van der Waals surface area contributed by atoms with Gasteiger partial charge in [0.25, 0.3) is 0 Å². The quantitative estimate of drug-likeness (QED) is 0.0752. The van der Waals surface area contributed by atoms with Gasteiger partial charge in [0.2, 0.25) is 0 Å². The van der Waals surface area contributed by atoms with Crippen molar-refractivity contribution in [2.45, 2.75) is 155 Å². The van der Waals surface area contributed by atoms with Crippen molar-refractivity contribution in [1.82, 2.24) is 0 Å². The Labute approximate surface area is 280 Å². The van der Waals surface area contributed by atoms with Crippen molar-refractivity contribution in [3.8, 4) is 0 Å². The Hall–Kier alpha value is -1.89. The molecule has 27 heteroatoms. The van der Waals surface area contributed by atoms with Crippen LogP contribution in [0.4, 0.5) is 119 Å². The molecule has 0 N–H and O–H groups in total. The van der Waals surface area contributed by atoms with Crippen molar-refractivity contribution >= 4 is 0 Å². The molecule has 0 aliphatic carbocycles. The largest absolute Gasteiger partial charge is 0.460 e. The van der Waals surface area contributed by atoms with Crippen LogP contribution < -0.4 is 0 Å². The van der Waals surface area contributed by atoms with Crippen LogP contribution in [-0.2, 0) is 0 Å². The van der Waals surface area contributed by atoms with Crippen LogP contribution in [0.25, 0.3) is 0 Å². The van der Waals surface area contributed by atoms with E-state index in [1.54, 1.807) is 0 Å². The van der Waals surface area contributed by atoms with Crippen LogP contribution in [0.3, 0.4) is 0 Å². The molecule has 0 saturated carbocycles. The molecule has 0 saturated heterocycles. The first-order chi connectivity index (χ1) is 22.9. The maximum Gasteiger partial charge on any atom is 0.460 e. The van der Waals surface area contributed by atoms with Crippen molar-refractivity contribution in [2.24, 2.45) is 5.92 Å². The van der Waals surface area contributed by atoms with Gasteiger partial charge in [0.1, 0.15) is 0 Å². The van der Waals surface area contributed by atoms with Crippen LogP contribution in [0.5, 0.6) is 0 Å². The number of halogens is 27. The Morgan fingerprint density at radius 3 is 0.717 bits per heavy atom. The average Bonchev–Trinajstić information content (AvgIpc) is 2.96. The average molecular weight is 852 g/mol. The number of unbranched alkanes of at least 4 members (excludes halogenated alkanes) is 7. The Kier molecular flexibility index (Phi) is 14.7. The van der Waals surface area contributed by atoms with Crippen LogP contribution in [-0.4, -0.2) is 77.2 Å². The minimum Gasteiger partial charge on any atom is -0.200 e. The predicted octanol–water partition coefficient (Wildman–Crippen LogP) is 13.7. The Balaban J connectivity index is 6.58. The summed E-state index contributed by atoms with van der Waals surface area (Å²) in [6.07, 6.45) is -9.59. The van der Waals surface area contributed by atoms with Crippen LogP contribution in [0, 0.1) is 5.92 Å². The molecule has 0 amide bonds. The van der Waals surface area contributed by atoms with Crippen molar-refractivity contribution in [2.75, 3.05) is 0 Å². The first kappa shape index (κ1) is 51.1. The molecule has 0 spiro atoms. The van der Waals surface area contributed by atoms with E-state index >= 15 is 0 Å². The van der Waals surface area contributed by atoms with E-state index in [9.17, 15) is 119 Å². The molecule has 0 unspecified atom stereocenters. The van der Waals surface area contributed by atoms with Crippen molar-refractivity contribution in [1.29, 1.82) is 0 Å². The van der Waals surface area contributed by atoms with E-state index in [1.807, 2.05) is 13.8 Å². The number of hydrogen-bond acceptors (Lipinski definition) is 0. The standard InChI is InChI=1S/C26H27F27/c1-13(2)11-9-7-5-3-4-6-8-10-12-14(27,28)15(29,30)16(31,32)17(33,34)18(35,36)19(37,38)20(39,40)21(41,42)22(43,44)23(45,46)24(47,48)25(49,50)26(51,52)53/h13H,3-12H2,1-2H3. The number of hydrogen-bond donors (Lipinski definition) is 0. The van der Waals surface area contributed by atoms with Gasteiger partial charge < -0.3 is 0 Å². The van der Waals surface area contributed by atoms with E-state index in [-0.39, 0.29) is 12.8 Å². The number of alkyl halides is 27. The summed E-state index contributed by atoms with van der Waals surface area (Å²) in [5.74, 6) is -108. The van der Waals surface area contributed by atoms with Crippen LogP contribution >= 0.6 is 0 Å². The molecular weight excluding hydrogens is 825 g/mol. The predicted molar refractivity (Wildman–Crippen MR) is 126 cm³/mol. The van der Waals surface area contributed by atoms with E-state index in [0.29, 0.717) is 25.2 Å². The third-order valence-electron chi connectivity index (χ3n) is 7.78. The molecular formula is C26H27F27. The van der Waals surface area contributed by atoms with Crippen molar-refractivity contribution < 1.29 is 119 Å². The molecule has 0 bridgehead atoms. The summed E-state index contributed by atoms with van der Waals surface area (Å²) < 4.78 is 367. The van der Waals surface area contributed by atoms with Crippen molar-refractivity contribution in [3.63, 3.8) is 0 Å². The van der Waals surface area contributed by atoms with Crippen LogP contribution in [0.2, 0.25) is 0 Å². The first-order valence-corrected chi connectivity index (χ1v) is 14.5. The fourth-order valence-electron chi connectivity index (χ4n) is 4.30. The maximum atomic E-state index is 14.1. The molecule has 0 nitrogen and oxygen atoms in total. The summed E-state index contributed by atoms with van der Waals surface area (Å²) in [6.45, 7) is 3.82. The second-order valence-electron chi connectivity index (χ2n) is 12.3. The molecule has 0 fully saturated rings. The lowest BCUT2D eigenvalue weighted by molar-refractivity contribution is -0.485. The van der Waals surface area contributed by atoms with Gasteiger partial charge in [-0.2, -0.15) is 119 Å². The molecule has 320 valence electrons. The van der Waals surface area contributed by atoms with Gasteiger partial charge in [0.15, 0.2) is 0 Å². The minimum atomic E-state index is -9.74. The summed E-state index contributed by atoms with van der Waals surface area (Å²) in [5.41, 5.74) is 0. The first-order valence-electron chi connectivity index (χ1n) is 14.5. The third-order valence-corrected chi connectivity index (χ3v) is 7.78. The molecule has 0 atom stereocenters. The smallest absolute Gasteiger partial charge is 0.200 e. The lowest BCUT2D eigenvalue weighted by Gasteiger charge is -2.46. The van der Waals surface area contributed by atoms with Gasteiger partial charge in [-0.05, 0) is 12.3 Å². The topological polar surface area (TPSA) is 0 Å². The van der Waals surface area contributed by atoms with Gasteiger partial charge >= 0.3 is 77.2 Å². The highest BCUT2D eigenvalue weighted by atomic mass is 19.4. The molecule has 0 aliphatic rings. The van der Waals surface area contributed by atoms with Gasteiger partial charge in [-0.3, -0.25) is 0 Å². The molecule has 0 aromatic carbocycles. The van der Waals surface area contributed by atoms with Crippen LogP contribution in [0.1, 0.15) is 78.1 Å². The highest BCUT2D eigenvalue weighted by molar-refractivity contribution is 5.20. The molecule has 0 aliphatic heterocycles. The molecule has 0 radical (unpaired) electrons. The fraction of sp³-hybridized carbons (Fsp3) is 1.00. The summed E-state index contributed by atoms with van der Waals surface area (Å²) >= 11 is 0. The SMILES string of the molecule is CC(C)CCCCCCCCCCC(F)(F)C(F)(F)C(F)(F)C(F)(F)C(F)(F)C(F)(F)C(F)(F)C(F)(F)C(F)(F)C(F)(F)C(F)(F)C(F)(F)C(F)(F)F. The second-order valence-corrected chi connectivity index (χ2v) is 12.3. The van der Waals surface area contributed by atoms with E-state index in [4.69, 9.17) is 0 Å². The van der Waals surface area contributed by atoms with Gasteiger partial charge in [-0.15, -0.1) is 0 Å². The number of rotatable bonds is 22. The molecule has 0 aromatic rings. The zero-order valence-corrected chi connectivity index (χ0v) is 26.4. The van der Waals surface area contributed by atoms with Gasteiger partial charge in [-0.1, -0.05) is 65.2 Å². The van der Waals surface area contributed by atoms with Gasteiger partial charge in [0.05, 0.1) is 0 Å². The molecule has 0 rings (SSSR count). The summed E-state index contributed by atoms with van der Waals surface area (Å²) in [7, 11) is 0. The molecule has 0 aromatic heterocycles. The fourth-order valence-corrected chi connectivity index (χ4v) is 4.30. The highest BCUT2D eigenvalue weighted by Gasteiger charge is 3.00. The van der Waals surface area contributed by atoms with Gasteiger partial charge in [0, 0.05) is 6.42 Å². The minimum absolute atomic E-state index is 0.143. The Morgan fingerprint density at radius 2 is 0.472 bits per heavy atom. The zero-order valence-electron chi connectivity index (χ0n) is 26.4. The van der Waals surface area contributed by atoms with E-state index in [0.717, 1.165) is 12.8 Å². The summed E-state index contributed by atoms with van der Waals surface area (Å²) in [6, 6.07) is 0. The summed E-state index contributed by atoms with van der Waals surface area (Å²) in [4.78, 5) is 0. The van der Waals surface area contributed by atoms with E-state index < -0.39 is 96.5 Å².